The summed E-state index contributed by atoms with van der Waals surface area (Å²) in [6.45, 7) is 2.40. The van der Waals surface area contributed by atoms with Crippen LogP contribution in [-0.4, -0.2) is 57.5 Å². The van der Waals surface area contributed by atoms with Crippen LogP contribution < -0.4 is 0 Å². The van der Waals surface area contributed by atoms with Crippen molar-refractivity contribution in [2.75, 3.05) is 32.1 Å². The molecule has 0 radical (unpaired) electrons. The van der Waals surface area contributed by atoms with Gasteiger partial charge >= 0.3 is 0 Å². The van der Waals surface area contributed by atoms with Crippen molar-refractivity contribution in [2.24, 2.45) is 0 Å². The summed E-state index contributed by atoms with van der Waals surface area (Å²) in [5.74, 6) is 0.565. The van der Waals surface area contributed by atoms with E-state index in [2.05, 4.69) is 0 Å². The minimum atomic E-state index is -3.65. The Balaban J connectivity index is 1.68. The van der Waals surface area contributed by atoms with E-state index in [1.807, 2.05) is 6.92 Å². The summed E-state index contributed by atoms with van der Waals surface area (Å²) in [7, 11) is -7.28. The first-order valence-electron chi connectivity index (χ1n) is 9.47. The van der Waals surface area contributed by atoms with Gasteiger partial charge in [-0.1, -0.05) is 29.8 Å². The summed E-state index contributed by atoms with van der Waals surface area (Å²) < 4.78 is 54.1. The number of sulfonamides is 2. The fourth-order valence-electron chi connectivity index (χ4n) is 3.26. The van der Waals surface area contributed by atoms with Gasteiger partial charge in [0.2, 0.25) is 20.0 Å². The molecule has 0 aliphatic carbocycles. The van der Waals surface area contributed by atoms with Crippen LogP contribution in [0.2, 0.25) is 0 Å². The van der Waals surface area contributed by atoms with Gasteiger partial charge in [0.15, 0.2) is 0 Å². The number of nitrogens with zero attached hydrogens (tertiary/aromatic N) is 2. The first-order valence-corrected chi connectivity index (χ1v) is 12.9. The topological polar surface area (TPSA) is 74.8 Å². The van der Waals surface area contributed by atoms with Crippen LogP contribution in [0.25, 0.3) is 0 Å². The number of hydrogen-bond donors (Lipinski definition) is 0. The van der Waals surface area contributed by atoms with Crippen molar-refractivity contribution >= 4 is 31.6 Å². The second-order valence-corrected chi connectivity index (χ2v) is 11.3. The molecule has 1 saturated heterocycles. The Morgan fingerprint density at radius 2 is 1.17 bits per heavy atom. The number of hydrogen-bond acceptors (Lipinski definition) is 4. The molecule has 0 unspecified atom stereocenters. The molecular weight excluding hydrogens is 432 g/mol. The highest BCUT2D eigenvalue weighted by atomic mass is 35.5. The Kier molecular flexibility index (Phi) is 7.01. The Bertz CT molecular complexity index is 1030. The highest BCUT2D eigenvalue weighted by Gasteiger charge is 2.33. The molecule has 0 amide bonds. The van der Waals surface area contributed by atoms with Gasteiger partial charge < -0.3 is 0 Å². The fraction of sp³-hybridized carbons (Fsp3) is 0.400. The van der Waals surface area contributed by atoms with E-state index in [9.17, 15) is 16.8 Å². The molecule has 1 heterocycles. The van der Waals surface area contributed by atoms with Gasteiger partial charge in [-0.05, 0) is 49.6 Å². The second kappa shape index (κ2) is 9.14. The maximum atomic E-state index is 12.9. The van der Waals surface area contributed by atoms with Gasteiger partial charge in [0.1, 0.15) is 0 Å². The molecule has 0 spiro atoms. The van der Waals surface area contributed by atoms with Gasteiger partial charge in [-0.15, -0.1) is 11.6 Å². The van der Waals surface area contributed by atoms with Gasteiger partial charge in [-0.2, -0.15) is 8.61 Å². The summed E-state index contributed by atoms with van der Waals surface area (Å²) in [5, 5.41) is 0. The highest BCUT2D eigenvalue weighted by molar-refractivity contribution is 7.89. The number of piperazine rings is 1. The van der Waals surface area contributed by atoms with Crippen molar-refractivity contribution in [3.8, 4) is 0 Å². The molecule has 1 fully saturated rings. The van der Waals surface area contributed by atoms with Crippen molar-refractivity contribution in [2.45, 2.75) is 29.6 Å². The zero-order chi connectivity index (χ0) is 21.1. The van der Waals surface area contributed by atoms with Crippen LogP contribution >= 0.6 is 11.6 Å². The van der Waals surface area contributed by atoms with E-state index in [4.69, 9.17) is 11.6 Å². The van der Waals surface area contributed by atoms with Gasteiger partial charge in [0.25, 0.3) is 0 Å². The zero-order valence-corrected chi connectivity index (χ0v) is 18.7. The molecule has 1 aliphatic heterocycles. The van der Waals surface area contributed by atoms with Crippen molar-refractivity contribution in [3.63, 3.8) is 0 Å². The molecule has 0 aromatic heterocycles. The van der Waals surface area contributed by atoms with E-state index >= 15 is 0 Å². The summed E-state index contributed by atoms with van der Waals surface area (Å²) >= 11 is 5.70. The summed E-state index contributed by atoms with van der Waals surface area (Å²) in [5.41, 5.74) is 2.02. The number of aryl methyl sites for hydroxylation is 2. The van der Waals surface area contributed by atoms with Crippen LogP contribution in [0.5, 0.6) is 0 Å². The lowest BCUT2D eigenvalue weighted by Crippen LogP contribution is -2.50. The van der Waals surface area contributed by atoms with Crippen molar-refractivity contribution in [1.29, 1.82) is 0 Å². The Labute approximate surface area is 178 Å². The van der Waals surface area contributed by atoms with Gasteiger partial charge in [0.05, 0.1) is 9.79 Å². The maximum absolute atomic E-state index is 12.9. The van der Waals surface area contributed by atoms with Gasteiger partial charge in [0, 0.05) is 32.1 Å². The number of benzene rings is 2. The molecule has 2 aromatic rings. The molecular formula is C20H25ClN2O4S2. The van der Waals surface area contributed by atoms with E-state index in [-0.39, 0.29) is 36.0 Å². The highest BCUT2D eigenvalue weighted by Crippen LogP contribution is 2.22. The predicted molar refractivity (Wildman–Crippen MR) is 114 cm³/mol. The van der Waals surface area contributed by atoms with E-state index in [0.717, 1.165) is 24.0 Å². The number of rotatable bonds is 7. The third kappa shape index (κ3) is 5.00. The third-order valence-electron chi connectivity index (χ3n) is 5.02. The minimum Gasteiger partial charge on any atom is -0.207 e. The summed E-state index contributed by atoms with van der Waals surface area (Å²) in [6.07, 6.45) is 1.64. The molecule has 1 aliphatic rings. The van der Waals surface area contributed by atoms with Crippen LogP contribution in [0, 0.1) is 6.92 Å². The average Bonchev–Trinajstić information content (AvgIpc) is 2.73. The van der Waals surface area contributed by atoms with Crippen molar-refractivity contribution < 1.29 is 16.8 Å². The molecule has 158 valence electrons. The zero-order valence-electron chi connectivity index (χ0n) is 16.3. The van der Waals surface area contributed by atoms with Crippen LogP contribution in [-0.2, 0) is 26.5 Å². The lowest BCUT2D eigenvalue weighted by Gasteiger charge is -2.33. The molecule has 0 bridgehead atoms. The standard InChI is InChI=1S/C20H25ClN2O4S2/c1-17-4-8-19(9-5-17)28(24,25)22-13-15-23(16-14-22)29(26,27)20-10-6-18(7-11-20)3-2-12-21/h4-11H,2-3,12-16H2,1H3. The number of halogens is 1. The molecule has 6 nitrogen and oxygen atoms in total. The largest absolute Gasteiger partial charge is 0.243 e. The predicted octanol–water partition coefficient (Wildman–Crippen LogP) is 2.86. The van der Waals surface area contributed by atoms with Crippen LogP contribution in [0.15, 0.2) is 58.3 Å². The fourth-order valence-corrected chi connectivity index (χ4v) is 6.24. The Morgan fingerprint density at radius 3 is 1.59 bits per heavy atom. The SMILES string of the molecule is Cc1ccc(S(=O)(=O)N2CCN(S(=O)(=O)c3ccc(CCCCl)cc3)CC2)cc1. The van der Waals surface area contributed by atoms with Crippen LogP contribution in [0.4, 0.5) is 0 Å². The lowest BCUT2D eigenvalue weighted by atomic mass is 10.1. The second-order valence-electron chi connectivity index (χ2n) is 7.06. The quantitative estimate of drug-likeness (QED) is 0.600. The minimum absolute atomic E-state index is 0.126. The first kappa shape index (κ1) is 22.2. The van der Waals surface area contributed by atoms with E-state index < -0.39 is 20.0 Å². The Morgan fingerprint density at radius 1 is 0.759 bits per heavy atom. The van der Waals surface area contributed by atoms with E-state index in [1.54, 1.807) is 48.5 Å². The molecule has 0 N–H and O–H groups in total. The monoisotopic (exact) mass is 456 g/mol. The molecule has 0 saturated carbocycles. The molecule has 3 rings (SSSR count). The maximum Gasteiger partial charge on any atom is 0.243 e. The van der Waals surface area contributed by atoms with Crippen molar-refractivity contribution in [3.05, 3.63) is 59.7 Å². The normalized spacial score (nSPS) is 16.8. The smallest absolute Gasteiger partial charge is 0.207 e. The molecule has 29 heavy (non-hydrogen) atoms. The van der Waals surface area contributed by atoms with Crippen LogP contribution in [0.3, 0.4) is 0 Å². The van der Waals surface area contributed by atoms with Gasteiger partial charge in [-0.3, -0.25) is 0 Å². The summed E-state index contributed by atoms with van der Waals surface area (Å²) in [4.78, 5) is 0.453. The van der Waals surface area contributed by atoms with Crippen molar-refractivity contribution in [1.82, 2.24) is 8.61 Å². The lowest BCUT2D eigenvalue weighted by molar-refractivity contribution is 0.273. The molecule has 0 atom stereocenters. The molecule has 2 aromatic carbocycles. The van der Waals surface area contributed by atoms with Crippen LogP contribution in [0.1, 0.15) is 17.5 Å². The van der Waals surface area contributed by atoms with E-state index in [1.165, 1.54) is 8.61 Å². The first-order chi connectivity index (χ1) is 13.7. The average molecular weight is 457 g/mol. The summed E-state index contributed by atoms with van der Waals surface area (Å²) in [6, 6.07) is 13.5. The van der Waals surface area contributed by atoms with E-state index in [0.29, 0.717) is 5.88 Å². The van der Waals surface area contributed by atoms with Gasteiger partial charge in [-0.25, -0.2) is 16.8 Å². The molecule has 9 heteroatoms. The third-order valence-corrected chi connectivity index (χ3v) is 9.11. The Hall–Kier alpha value is -1.45. The number of alkyl halides is 1.